The van der Waals surface area contributed by atoms with Crippen molar-refractivity contribution < 1.29 is 24.2 Å². The van der Waals surface area contributed by atoms with Crippen LogP contribution in [0.3, 0.4) is 0 Å². The van der Waals surface area contributed by atoms with E-state index < -0.39 is 30.3 Å². The molecule has 0 spiro atoms. The fourth-order valence-corrected chi connectivity index (χ4v) is 0.950. The van der Waals surface area contributed by atoms with Crippen LogP contribution < -0.4 is 0 Å². The van der Waals surface area contributed by atoms with Gasteiger partial charge in [-0.2, -0.15) is 0 Å². The molecule has 1 aliphatic heterocycles. The van der Waals surface area contributed by atoms with E-state index in [2.05, 4.69) is 0 Å². The molecule has 1 aliphatic rings. The van der Waals surface area contributed by atoms with Crippen molar-refractivity contribution >= 4 is 11.9 Å². The lowest BCUT2D eigenvalue weighted by atomic mass is 10.2. The molecule has 0 aromatic carbocycles. The first-order valence-electron chi connectivity index (χ1n) is 4.08. The zero-order valence-corrected chi connectivity index (χ0v) is 7.52. The molecule has 5 heteroatoms. The third kappa shape index (κ3) is 2.42. The Balaban J connectivity index is 2.70. The largest absolute Gasteiger partial charge is 0.459 e. The van der Waals surface area contributed by atoms with E-state index in [4.69, 9.17) is 14.6 Å². The highest BCUT2D eigenvalue weighted by Crippen LogP contribution is 2.11. The second kappa shape index (κ2) is 3.74. The van der Waals surface area contributed by atoms with E-state index in [1.54, 1.807) is 13.8 Å². The highest BCUT2D eigenvalue weighted by atomic mass is 16.6. The SMILES string of the molecule is CC1OC(=O)CC(O)C(=O)OC1C. The Kier molecular flexibility index (Phi) is 2.87. The summed E-state index contributed by atoms with van der Waals surface area (Å²) >= 11 is 0. The minimum atomic E-state index is -1.40. The van der Waals surface area contributed by atoms with Gasteiger partial charge in [-0.1, -0.05) is 0 Å². The van der Waals surface area contributed by atoms with Gasteiger partial charge in [0.25, 0.3) is 0 Å². The molecular formula is C8H12O5. The predicted octanol–water partition coefficient (Wildman–Crippen LogP) is -0.386. The van der Waals surface area contributed by atoms with Gasteiger partial charge in [0.1, 0.15) is 12.2 Å². The third-order valence-corrected chi connectivity index (χ3v) is 1.91. The van der Waals surface area contributed by atoms with Crippen LogP contribution in [0.1, 0.15) is 20.3 Å². The molecule has 1 rings (SSSR count). The Labute approximate surface area is 75.6 Å². The minimum absolute atomic E-state index is 0.337. The Morgan fingerprint density at radius 1 is 1.23 bits per heavy atom. The van der Waals surface area contributed by atoms with Gasteiger partial charge in [0.2, 0.25) is 0 Å². The van der Waals surface area contributed by atoms with Crippen LogP contribution in [0, 0.1) is 0 Å². The van der Waals surface area contributed by atoms with Crippen LogP contribution >= 0.6 is 0 Å². The van der Waals surface area contributed by atoms with Crippen LogP contribution in [0.15, 0.2) is 0 Å². The molecule has 1 saturated heterocycles. The number of rotatable bonds is 0. The van der Waals surface area contributed by atoms with E-state index in [1.807, 2.05) is 0 Å². The van der Waals surface area contributed by atoms with Crippen LogP contribution in [0.5, 0.6) is 0 Å². The normalized spacial score (nSPS) is 35.8. The summed E-state index contributed by atoms with van der Waals surface area (Å²) in [6.07, 6.45) is -2.73. The molecule has 13 heavy (non-hydrogen) atoms. The molecule has 3 unspecified atom stereocenters. The van der Waals surface area contributed by atoms with Crippen LogP contribution in [0.4, 0.5) is 0 Å². The number of hydrogen-bond donors (Lipinski definition) is 1. The molecular weight excluding hydrogens is 176 g/mol. The maximum atomic E-state index is 11.0. The van der Waals surface area contributed by atoms with Gasteiger partial charge in [-0.25, -0.2) is 4.79 Å². The van der Waals surface area contributed by atoms with E-state index in [0.29, 0.717) is 0 Å². The molecule has 0 aliphatic carbocycles. The van der Waals surface area contributed by atoms with Gasteiger partial charge >= 0.3 is 11.9 Å². The Morgan fingerprint density at radius 2 is 1.77 bits per heavy atom. The molecule has 3 atom stereocenters. The van der Waals surface area contributed by atoms with Crippen molar-refractivity contribution in [3.63, 3.8) is 0 Å². The third-order valence-electron chi connectivity index (χ3n) is 1.91. The van der Waals surface area contributed by atoms with Gasteiger partial charge in [0.15, 0.2) is 6.10 Å². The van der Waals surface area contributed by atoms with Crippen molar-refractivity contribution in [1.82, 2.24) is 0 Å². The fourth-order valence-electron chi connectivity index (χ4n) is 0.950. The van der Waals surface area contributed by atoms with Crippen molar-refractivity contribution in [3.05, 3.63) is 0 Å². The number of cyclic esters (lactones) is 2. The summed E-state index contributed by atoms with van der Waals surface area (Å²) in [7, 11) is 0. The minimum Gasteiger partial charge on any atom is -0.459 e. The van der Waals surface area contributed by atoms with Gasteiger partial charge in [-0.15, -0.1) is 0 Å². The maximum absolute atomic E-state index is 11.0. The molecule has 0 aromatic heterocycles. The van der Waals surface area contributed by atoms with E-state index in [0.717, 1.165) is 0 Å². The van der Waals surface area contributed by atoms with Crippen molar-refractivity contribution in [3.8, 4) is 0 Å². The Hall–Kier alpha value is -1.10. The zero-order valence-electron chi connectivity index (χ0n) is 7.52. The number of aliphatic hydroxyl groups is 1. The van der Waals surface area contributed by atoms with Crippen LogP contribution in [-0.4, -0.2) is 35.4 Å². The lowest BCUT2D eigenvalue weighted by Gasteiger charge is -2.25. The molecule has 0 bridgehead atoms. The van der Waals surface area contributed by atoms with Crippen molar-refractivity contribution in [2.45, 2.75) is 38.6 Å². The first-order chi connectivity index (χ1) is 6.00. The van der Waals surface area contributed by atoms with E-state index in [9.17, 15) is 9.59 Å². The maximum Gasteiger partial charge on any atom is 0.335 e. The molecule has 1 heterocycles. The van der Waals surface area contributed by atoms with Gasteiger partial charge < -0.3 is 14.6 Å². The molecule has 0 radical (unpaired) electrons. The highest BCUT2D eigenvalue weighted by molar-refractivity contribution is 5.82. The standard InChI is InChI=1S/C8H12O5/c1-4-5(2)13-8(11)6(9)3-7(10)12-4/h4-6,9H,3H2,1-2H3. The summed E-state index contributed by atoms with van der Waals surface area (Å²) in [5.41, 5.74) is 0. The molecule has 0 saturated carbocycles. The van der Waals surface area contributed by atoms with Gasteiger partial charge in [-0.3, -0.25) is 4.79 Å². The lowest BCUT2D eigenvalue weighted by molar-refractivity contribution is -0.181. The van der Waals surface area contributed by atoms with E-state index in [-0.39, 0.29) is 6.42 Å². The first-order valence-corrected chi connectivity index (χ1v) is 4.08. The van der Waals surface area contributed by atoms with Gasteiger partial charge in [0.05, 0.1) is 6.42 Å². The summed E-state index contributed by atoms with van der Waals surface area (Å²) in [6.45, 7) is 3.24. The van der Waals surface area contributed by atoms with Crippen LogP contribution in [-0.2, 0) is 19.1 Å². The van der Waals surface area contributed by atoms with E-state index in [1.165, 1.54) is 0 Å². The summed E-state index contributed by atoms with van der Waals surface area (Å²) in [6, 6.07) is 0. The second-order valence-corrected chi connectivity index (χ2v) is 3.06. The van der Waals surface area contributed by atoms with E-state index >= 15 is 0 Å². The number of carbonyl (C=O) groups excluding carboxylic acids is 2. The predicted molar refractivity (Wildman–Crippen MR) is 41.7 cm³/mol. The quantitative estimate of drug-likeness (QED) is 0.524. The number of esters is 2. The summed E-state index contributed by atoms with van der Waals surface area (Å²) in [5.74, 6) is -1.35. The smallest absolute Gasteiger partial charge is 0.335 e. The topological polar surface area (TPSA) is 72.8 Å². The summed E-state index contributed by atoms with van der Waals surface area (Å²) in [5, 5.41) is 9.08. The monoisotopic (exact) mass is 188 g/mol. The molecule has 74 valence electrons. The summed E-state index contributed by atoms with van der Waals surface area (Å²) in [4.78, 5) is 21.9. The van der Waals surface area contributed by atoms with Crippen molar-refractivity contribution in [1.29, 1.82) is 0 Å². The molecule has 5 nitrogen and oxygen atoms in total. The van der Waals surface area contributed by atoms with Crippen molar-refractivity contribution in [2.75, 3.05) is 0 Å². The fraction of sp³-hybridized carbons (Fsp3) is 0.750. The number of aliphatic hydroxyl groups excluding tert-OH is 1. The lowest BCUT2D eigenvalue weighted by Crippen LogP contribution is -2.39. The van der Waals surface area contributed by atoms with Crippen LogP contribution in [0.2, 0.25) is 0 Å². The molecule has 0 amide bonds. The molecule has 1 N–H and O–H groups in total. The summed E-state index contributed by atoms with van der Waals surface area (Å²) < 4.78 is 9.64. The number of hydrogen-bond acceptors (Lipinski definition) is 5. The molecule has 0 aromatic rings. The van der Waals surface area contributed by atoms with Gasteiger partial charge in [0, 0.05) is 0 Å². The Bertz CT molecular complexity index is 225. The molecule has 1 fully saturated rings. The van der Waals surface area contributed by atoms with Gasteiger partial charge in [-0.05, 0) is 13.8 Å². The average molecular weight is 188 g/mol. The number of ether oxygens (including phenoxy) is 2. The average Bonchev–Trinajstić information content (AvgIpc) is 2.02. The highest BCUT2D eigenvalue weighted by Gasteiger charge is 2.30. The van der Waals surface area contributed by atoms with Crippen molar-refractivity contribution in [2.24, 2.45) is 0 Å². The zero-order chi connectivity index (χ0) is 10.0. The number of carbonyl (C=O) groups is 2. The Morgan fingerprint density at radius 3 is 2.38 bits per heavy atom. The first kappa shape index (κ1) is 9.98. The second-order valence-electron chi connectivity index (χ2n) is 3.06. The van der Waals surface area contributed by atoms with Crippen LogP contribution in [0.25, 0.3) is 0 Å².